The van der Waals surface area contributed by atoms with Crippen LogP contribution in [0.5, 0.6) is 0 Å². The van der Waals surface area contributed by atoms with E-state index in [4.69, 9.17) is 34.8 Å². The lowest BCUT2D eigenvalue weighted by Gasteiger charge is -2.12. The maximum absolute atomic E-state index is 12.5. The Morgan fingerprint density at radius 1 is 0.957 bits per heavy atom. The fourth-order valence-corrected chi connectivity index (χ4v) is 3.39. The van der Waals surface area contributed by atoms with Gasteiger partial charge in [-0.25, -0.2) is 4.90 Å². The van der Waals surface area contributed by atoms with Crippen LogP contribution in [-0.4, -0.2) is 11.1 Å². The van der Waals surface area contributed by atoms with Gasteiger partial charge in [0.15, 0.2) is 0 Å². The molecule has 0 unspecified atom stereocenters. The minimum Gasteiger partial charge on any atom is -0.268 e. The number of halogens is 3. The highest BCUT2D eigenvalue weighted by Crippen LogP contribution is 2.36. The van der Waals surface area contributed by atoms with Crippen molar-refractivity contribution in [3.05, 3.63) is 68.0 Å². The molecule has 0 aliphatic carbocycles. The minimum atomic E-state index is -0.395. The molecular formula is C16H8Cl3NO2S. The van der Waals surface area contributed by atoms with Gasteiger partial charge >= 0.3 is 0 Å². The third kappa shape index (κ3) is 3.40. The Morgan fingerprint density at radius 2 is 1.74 bits per heavy atom. The Morgan fingerprint density at radius 3 is 2.43 bits per heavy atom. The smallest absolute Gasteiger partial charge is 0.268 e. The van der Waals surface area contributed by atoms with Gasteiger partial charge < -0.3 is 0 Å². The van der Waals surface area contributed by atoms with Crippen LogP contribution in [0.4, 0.5) is 10.5 Å². The number of rotatable bonds is 2. The van der Waals surface area contributed by atoms with Crippen molar-refractivity contribution in [1.82, 2.24) is 0 Å². The van der Waals surface area contributed by atoms with Crippen LogP contribution in [0, 0.1) is 0 Å². The van der Waals surface area contributed by atoms with Crippen LogP contribution in [0.15, 0.2) is 47.4 Å². The molecule has 116 valence electrons. The van der Waals surface area contributed by atoms with Gasteiger partial charge in [0.25, 0.3) is 11.1 Å². The molecule has 0 saturated carbocycles. The lowest BCUT2D eigenvalue weighted by molar-refractivity contribution is -0.113. The number of hydrogen-bond acceptors (Lipinski definition) is 3. The second-order valence-corrected chi connectivity index (χ2v) is 6.91. The van der Waals surface area contributed by atoms with Crippen molar-refractivity contribution in [2.24, 2.45) is 0 Å². The van der Waals surface area contributed by atoms with E-state index in [1.807, 2.05) is 0 Å². The number of nitrogens with zero attached hydrogens (tertiary/aromatic N) is 1. The fourth-order valence-electron chi connectivity index (χ4n) is 2.06. The van der Waals surface area contributed by atoms with Gasteiger partial charge in [0, 0.05) is 5.02 Å². The molecular weight excluding hydrogens is 377 g/mol. The van der Waals surface area contributed by atoms with Crippen LogP contribution in [0.25, 0.3) is 6.08 Å². The van der Waals surface area contributed by atoms with Crippen LogP contribution >= 0.6 is 46.6 Å². The Balaban J connectivity index is 1.94. The summed E-state index contributed by atoms with van der Waals surface area (Å²) in [6.45, 7) is 0. The minimum absolute atomic E-state index is 0.313. The number of carbonyl (C=O) groups excluding carboxylic acids is 2. The SMILES string of the molecule is O=C1S/C(=C/c2ccc(Cl)c(Cl)c2)C(=O)N1c1cccc(Cl)c1. The van der Waals surface area contributed by atoms with E-state index in [0.29, 0.717) is 31.2 Å². The lowest BCUT2D eigenvalue weighted by atomic mass is 10.2. The van der Waals surface area contributed by atoms with Gasteiger partial charge in [0.1, 0.15) is 0 Å². The summed E-state index contributed by atoms with van der Waals surface area (Å²) in [6, 6.07) is 11.6. The molecule has 0 spiro atoms. The normalized spacial score (nSPS) is 16.5. The standard InChI is InChI=1S/C16H8Cl3NO2S/c17-10-2-1-3-11(8-10)20-15(21)14(23-16(20)22)7-9-4-5-12(18)13(19)6-9/h1-8H/b14-7+. The van der Waals surface area contributed by atoms with E-state index in [1.54, 1.807) is 48.5 Å². The van der Waals surface area contributed by atoms with E-state index >= 15 is 0 Å². The molecule has 3 nitrogen and oxygen atoms in total. The van der Waals surface area contributed by atoms with Crippen molar-refractivity contribution in [3.63, 3.8) is 0 Å². The van der Waals surface area contributed by atoms with Crippen molar-refractivity contribution >= 4 is 69.5 Å². The summed E-state index contributed by atoms with van der Waals surface area (Å²) in [7, 11) is 0. The molecule has 2 amide bonds. The first-order chi connectivity index (χ1) is 11.0. The molecule has 0 bridgehead atoms. The zero-order valence-corrected chi connectivity index (χ0v) is 14.5. The molecule has 3 rings (SSSR count). The zero-order valence-electron chi connectivity index (χ0n) is 11.4. The summed E-state index contributed by atoms with van der Waals surface area (Å²) >= 11 is 18.6. The first kappa shape index (κ1) is 16.4. The van der Waals surface area contributed by atoms with Crippen LogP contribution in [0.1, 0.15) is 5.56 Å². The van der Waals surface area contributed by atoms with Gasteiger partial charge in [0.2, 0.25) is 0 Å². The zero-order chi connectivity index (χ0) is 16.6. The Kier molecular flexibility index (Phi) is 4.69. The summed E-state index contributed by atoms with van der Waals surface area (Å²) < 4.78 is 0. The molecule has 0 aromatic heterocycles. The van der Waals surface area contributed by atoms with E-state index in [0.717, 1.165) is 16.7 Å². The molecule has 2 aromatic carbocycles. The van der Waals surface area contributed by atoms with E-state index in [9.17, 15) is 9.59 Å². The summed E-state index contributed by atoms with van der Waals surface area (Å²) in [5.74, 6) is -0.395. The predicted octanol–water partition coefficient (Wildman–Crippen LogP) is 5.89. The highest BCUT2D eigenvalue weighted by molar-refractivity contribution is 8.19. The third-order valence-electron chi connectivity index (χ3n) is 3.10. The number of thioether (sulfide) groups is 1. The number of amides is 2. The summed E-state index contributed by atoms with van der Waals surface area (Å²) in [6.07, 6.45) is 1.61. The molecule has 1 aliphatic rings. The van der Waals surface area contributed by atoms with E-state index in [1.165, 1.54) is 0 Å². The first-order valence-corrected chi connectivity index (χ1v) is 8.39. The maximum atomic E-state index is 12.5. The molecule has 1 fully saturated rings. The predicted molar refractivity (Wildman–Crippen MR) is 96.4 cm³/mol. The summed E-state index contributed by atoms with van der Waals surface area (Å²) in [4.78, 5) is 26.1. The average Bonchev–Trinajstić information content (AvgIpc) is 2.77. The Hall–Kier alpha value is -1.46. The molecule has 0 radical (unpaired) electrons. The van der Waals surface area contributed by atoms with Gasteiger partial charge in [-0.1, -0.05) is 46.9 Å². The van der Waals surface area contributed by atoms with Crippen molar-refractivity contribution in [3.8, 4) is 0 Å². The third-order valence-corrected chi connectivity index (χ3v) is 4.95. The molecule has 1 aliphatic heterocycles. The van der Waals surface area contributed by atoms with Gasteiger partial charge in [-0.2, -0.15) is 0 Å². The quantitative estimate of drug-likeness (QED) is 0.606. The Labute approximate surface area is 151 Å². The number of carbonyl (C=O) groups is 2. The average molecular weight is 385 g/mol. The van der Waals surface area contributed by atoms with Crippen molar-refractivity contribution in [2.45, 2.75) is 0 Å². The van der Waals surface area contributed by atoms with Crippen LogP contribution in [0.3, 0.4) is 0 Å². The number of imide groups is 1. The summed E-state index contributed by atoms with van der Waals surface area (Å²) in [5, 5.41) is 0.893. The highest BCUT2D eigenvalue weighted by atomic mass is 35.5. The van der Waals surface area contributed by atoms with Crippen LogP contribution < -0.4 is 4.90 Å². The second kappa shape index (κ2) is 6.57. The van der Waals surface area contributed by atoms with Gasteiger partial charge in [0.05, 0.1) is 20.6 Å². The van der Waals surface area contributed by atoms with Gasteiger partial charge in [-0.15, -0.1) is 0 Å². The van der Waals surface area contributed by atoms with E-state index in [2.05, 4.69) is 0 Å². The fraction of sp³-hybridized carbons (Fsp3) is 0. The van der Waals surface area contributed by atoms with Gasteiger partial charge in [-0.3, -0.25) is 9.59 Å². The van der Waals surface area contributed by atoms with Crippen molar-refractivity contribution in [1.29, 1.82) is 0 Å². The molecule has 1 heterocycles. The number of benzene rings is 2. The van der Waals surface area contributed by atoms with E-state index < -0.39 is 5.91 Å². The lowest BCUT2D eigenvalue weighted by Crippen LogP contribution is -2.27. The summed E-state index contributed by atoms with van der Waals surface area (Å²) in [5.41, 5.74) is 1.13. The van der Waals surface area contributed by atoms with Gasteiger partial charge in [-0.05, 0) is 53.7 Å². The molecule has 1 saturated heterocycles. The molecule has 23 heavy (non-hydrogen) atoms. The van der Waals surface area contributed by atoms with Crippen molar-refractivity contribution in [2.75, 3.05) is 4.90 Å². The molecule has 0 atom stereocenters. The number of anilines is 1. The van der Waals surface area contributed by atoms with Crippen molar-refractivity contribution < 1.29 is 9.59 Å². The Bertz CT molecular complexity index is 851. The monoisotopic (exact) mass is 383 g/mol. The highest BCUT2D eigenvalue weighted by Gasteiger charge is 2.36. The molecule has 0 N–H and O–H groups in total. The second-order valence-electron chi connectivity index (χ2n) is 4.67. The van der Waals surface area contributed by atoms with Crippen LogP contribution in [-0.2, 0) is 4.79 Å². The maximum Gasteiger partial charge on any atom is 0.298 e. The number of hydrogen-bond donors (Lipinski definition) is 0. The van der Waals surface area contributed by atoms with E-state index in [-0.39, 0.29) is 5.24 Å². The first-order valence-electron chi connectivity index (χ1n) is 6.44. The largest absolute Gasteiger partial charge is 0.298 e. The topological polar surface area (TPSA) is 37.4 Å². The molecule has 2 aromatic rings. The molecule has 7 heteroatoms. The van der Waals surface area contributed by atoms with Crippen LogP contribution in [0.2, 0.25) is 15.1 Å².